The molecule has 1 heterocycles. The summed E-state index contributed by atoms with van der Waals surface area (Å²) in [6.07, 6.45) is 5.94. The number of aromatic nitrogens is 2. The predicted molar refractivity (Wildman–Crippen MR) is 90.3 cm³/mol. The summed E-state index contributed by atoms with van der Waals surface area (Å²) in [4.78, 5) is 4.67. The Morgan fingerprint density at radius 1 is 1.05 bits per heavy atom. The van der Waals surface area contributed by atoms with Crippen molar-refractivity contribution in [3.05, 3.63) is 77.6 Å². The van der Waals surface area contributed by atoms with Gasteiger partial charge in [0.05, 0.1) is 11.0 Å². The summed E-state index contributed by atoms with van der Waals surface area (Å²) in [6.45, 7) is 4.56. The van der Waals surface area contributed by atoms with Gasteiger partial charge in [0.25, 0.3) is 0 Å². The molecule has 0 radical (unpaired) electrons. The second-order valence-electron chi connectivity index (χ2n) is 4.74. The number of hydrogen-bond acceptors (Lipinski definition) is 1. The first kappa shape index (κ1) is 16.3. The molecule has 2 aromatic carbocycles. The van der Waals surface area contributed by atoms with Crippen molar-refractivity contribution in [2.45, 2.75) is 6.54 Å². The summed E-state index contributed by atoms with van der Waals surface area (Å²) in [5.74, 6) is 0.922. The van der Waals surface area contributed by atoms with E-state index < -0.39 is 0 Å². The minimum absolute atomic E-state index is 0. The number of imidazole rings is 1. The number of allylic oxidation sites excluding steroid dienone is 1. The second-order valence-corrected chi connectivity index (χ2v) is 5.18. The lowest BCUT2D eigenvalue weighted by Crippen LogP contribution is -3.00. The summed E-state index contributed by atoms with van der Waals surface area (Å²) >= 11 is 5.90. The van der Waals surface area contributed by atoms with Gasteiger partial charge in [-0.1, -0.05) is 48.0 Å². The van der Waals surface area contributed by atoms with Gasteiger partial charge < -0.3 is 17.0 Å². The van der Waals surface area contributed by atoms with Crippen molar-refractivity contribution in [3.8, 4) is 0 Å². The molecule has 0 bridgehead atoms. The van der Waals surface area contributed by atoms with Crippen molar-refractivity contribution in [1.82, 2.24) is 9.55 Å². The molecule has 0 aliphatic heterocycles. The second kappa shape index (κ2) is 7.30. The SMILES string of the molecule is C=CCn1c(/C=C/c2ccc(Cl)cc2)nc2ccccc21.[Cl-]. The molecule has 1 aromatic heterocycles. The molecule has 0 spiro atoms. The molecule has 0 atom stereocenters. The van der Waals surface area contributed by atoms with Gasteiger partial charge >= 0.3 is 0 Å². The summed E-state index contributed by atoms with van der Waals surface area (Å²) in [6, 6.07) is 15.9. The average molecular weight is 330 g/mol. The largest absolute Gasteiger partial charge is 1.00 e. The third-order valence-electron chi connectivity index (χ3n) is 3.29. The van der Waals surface area contributed by atoms with E-state index in [1.165, 1.54) is 0 Å². The van der Waals surface area contributed by atoms with E-state index in [4.69, 9.17) is 11.6 Å². The molecule has 0 N–H and O–H groups in total. The van der Waals surface area contributed by atoms with Crippen molar-refractivity contribution in [2.75, 3.05) is 0 Å². The number of halogens is 2. The third-order valence-corrected chi connectivity index (χ3v) is 3.54. The number of hydrogen-bond donors (Lipinski definition) is 0. The lowest BCUT2D eigenvalue weighted by molar-refractivity contribution is -0.00000406. The minimum Gasteiger partial charge on any atom is -1.00 e. The van der Waals surface area contributed by atoms with Crippen LogP contribution in [0, 0.1) is 0 Å². The maximum absolute atomic E-state index is 5.90. The van der Waals surface area contributed by atoms with E-state index in [1.54, 1.807) is 0 Å². The highest BCUT2D eigenvalue weighted by atomic mass is 35.5. The Balaban J connectivity index is 0.00000176. The smallest absolute Gasteiger partial charge is 0.134 e. The van der Waals surface area contributed by atoms with E-state index >= 15 is 0 Å². The average Bonchev–Trinajstić information content (AvgIpc) is 2.85. The van der Waals surface area contributed by atoms with Gasteiger partial charge in [-0.15, -0.1) is 6.58 Å². The molecule has 3 rings (SSSR count). The van der Waals surface area contributed by atoms with Crippen molar-refractivity contribution >= 4 is 34.8 Å². The van der Waals surface area contributed by atoms with Crippen LogP contribution in [0.3, 0.4) is 0 Å². The van der Waals surface area contributed by atoms with Crippen LogP contribution in [0.1, 0.15) is 11.4 Å². The molecule has 2 nitrogen and oxygen atoms in total. The van der Waals surface area contributed by atoms with Gasteiger partial charge in [-0.25, -0.2) is 4.98 Å². The van der Waals surface area contributed by atoms with Crippen LogP contribution >= 0.6 is 11.6 Å². The number of nitrogens with zero attached hydrogens (tertiary/aromatic N) is 2. The molecule has 112 valence electrons. The van der Waals surface area contributed by atoms with Crippen LogP contribution in [-0.4, -0.2) is 9.55 Å². The van der Waals surface area contributed by atoms with E-state index in [0.29, 0.717) is 0 Å². The monoisotopic (exact) mass is 329 g/mol. The maximum Gasteiger partial charge on any atom is 0.134 e. The van der Waals surface area contributed by atoms with E-state index in [-0.39, 0.29) is 12.4 Å². The lowest BCUT2D eigenvalue weighted by atomic mass is 10.2. The Bertz CT molecular complexity index is 802. The van der Waals surface area contributed by atoms with E-state index in [1.807, 2.05) is 60.7 Å². The van der Waals surface area contributed by atoms with Crippen molar-refractivity contribution in [1.29, 1.82) is 0 Å². The van der Waals surface area contributed by atoms with Crippen LogP contribution in [-0.2, 0) is 6.54 Å². The van der Waals surface area contributed by atoms with Gasteiger partial charge in [-0.05, 0) is 35.9 Å². The molecule has 0 amide bonds. The fourth-order valence-electron chi connectivity index (χ4n) is 2.29. The van der Waals surface area contributed by atoms with Crippen LogP contribution in [0.4, 0.5) is 0 Å². The molecule has 0 unspecified atom stereocenters. The Hall–Kier alpha value is -2.03. The first-order valence-corrected chi connectivity index (χ1v) is 7.15. The van der Waals surface area contributed by atoms with Gasteiger partial charge in [-0.2, -0.15) is 0 Å². The molecule has 3 aromatic rings. The Morgan fingerprint density at radius 3 is 2.50 bits per heavy atom. The summed E-state index contributed by atoms with van der Waals surface area (Å²) in [5, 5.41) is 0.742. The van der Waals surface area contributed by atoms with Crippen LogP contribution in [0.5, 0.6) is 0 Å². The normalized spacial score (nSPS) is 10.8. The van der Waals surface area contributed by atoms with Crippen molar-refractivity contribution < 1.29 is 12.4 Å². The van der Waals surface area contributed by atoms with Crippen molar-refractivity contribution in [2.24, 2.45) is 0 Å². The van der Waals surface area contributed by atoms with Gasteiger partial charge in [0.2, 0.25) is 0 Å². The molecular formula is C18H15Cl2N2-. The number of fused-ring (bicyclic) bond motifs is 1. The molecule has 4 heteroatoms. The first-order valence-electron chi connectivity index (χ1n) is 6.78. The highest BCUT2D eigenvalue weighted by Crippen LogP contribution is 2.18. The number of rotatable bonds is 4. The highest BCUT2D eigenvalue weighted by Gasteiger charge is 2.06. The van der Waals surface area contributed by atoms with E-state index in [0.717, 1.165) is 34.0 Å². The summed E-state index contributed by atoms with van der Waals surface area (Å²) in [5.41, 5.74) is 3.21. The fourth-order valence-corrected chi connectivity index (χ4v) is 2.41. The van der Waals surface area contributed by atoms with E-state index in [9.17, 15) is 0 Å². The zero-order chi connectivity index (χ0) is 14.7. The molecule has 0 aliphatic rings. The molecular weight excluding hydrogens is 315 g/mol. The topological polar surface area (TPSA) is 17.8 Å². The zero-order valence-corrected chi connectivity index (χ0v) is 13.4. The molecule has 0 aliphatic carbocycles. The number of para-hydroxylation sites is 2. The van der Waals surface area contributed by atoms with Crippen LogP contribution in [0.25, 0.3) is 23.2 Å². The summed E-state index contributed by atoms with van der Waals surface area (Å²) in [7, 11) is 0. The summed E-state index contributed by atoms with van der Waals surface area (Å²) < 4.78 is 2.15. The van der Waals surface area contributed by atoms with Crippen LogP contribution in [0.2, 0.25) is 5.02 Å². The molecule has 0 saturated carbocycles. The number of benzene rings is 2. The van der Waals surface area contributed by atoms with Crippen molar-refractivity contribution in [3.63, 3.8) is 0 Å². The molecule has 0 fully saturated rings. The minimum atomic E-state index is 0. The zero-order valence-electron chi connectivity index (χ0n) is 11.9. The standard InChI is InChI=1S/C18H15ClN2.ClH/c1-2-13-21-17-6-4-3-5-16(17)20-18(21)12-9-14-7-10-15(19)11-8-14;/h2-12H,1,13H2;1H/p-1/b12-9+;. The Kier molecular flexibility index (Phi) is 5.42. The van der Waals surface area contributed by atoms with E-state index in [2.05, 4.69) is 22.2 Å². The lowest BCUT2D eigenvalue weighted by Gasteiger charge is -2.02. The Morgan fingerprint density at radius 2 is 1.77 bits per heavy atom. The molecule has 22 heavy (non-hydrogen) atoms. The third kappa shape index (κ3) is 3.41. The first-order chi connectivity index (χ1) is 10.3. The highest BCUT2D eigenvalue weighted by molar-refractivity contribution is 6.30. The van der Waals surface area contributed by atoms with Gasteiger partial charge in [0.1, 0.15) is 5.82 Å². The van der Waals surface area contributed by atoms with Crippen LogP contribution < -0.4 is 12.4 Å². The Labute approximate surface area is 141 Å². The van der Waals surface area contributed by atoms with Gasteiger partial charge in [0, 0.05) is 11.6 Å². The van der Waals surface area contributed by atoms with Crippen LogP contribution in [0.15, 0.2) is 61.2 Å². The van der Waals surface area contributed by atoms with Gasteiger partial charge in [0.15, 0.2) is 0 Å². The van der Waals surface area contributed by atoms with Gasteiger partial charge in [-0.3, -0.25) is 0 Å². The predicted octanol–water partition coefficient (Wildman–Crippen LogP) is 2.05. The fraction of sp³-hybridized carbons (Fsp3) is 0.0556. The maximum atomic E-state index is 5.90. The quantitative estimate of drug-likeness (QED) is 0.670. The molecule has 0 saturated heterocycles.